The summed E-state index contributed by atoms with van der Waals surface area (Å²) >= 11 is 1.69. The average molecular weight is 338 g/mol. The van der Waals surface area contributed by atoms with E-state index in [2.05, 4.69) is 45.6 Å². The molecular weight excluding hydrogens is 316 g/mol. The third kappa shape index (κ3) is 2.99. The van der Waals surface area contributed by atoms with Crippen molar-refractivity contribution in [1.29, 1.82) is 0 Å². The second kappa shape index (κ2) is 7.01. The standard InChI is InChI=1S/C17H16N4S.C2H6/c1-10-8-11(2)19-17-13(10)14-15(22-17)16(21-20-14)18-9-12-6-4-3-5-7-12;1-2/h3-8H,9H2,1-2H3,(H2,18,20,21);1-2H3. The summed E-state index contributed by atoms with van der Waals surface area (Å²) in [6.07, 6.45) is 0. The number of nitrogens with one attached hydrogen (secondary N) is 2. The number of pyridine rings is 1. The zero-order valence-electron chi connectivity index (χ0n) is 14.5. The van der Waals surface area contributed by atoms with Crippen LogP contribution in [0.3, 0.4) is 0 Å². The van der Waals surface area contributed by atoms with Crippen LogP contribution >= 0.6 is 11.3 Å². The molecule has 0 aliphatic heterocycles. The van der Waals surface area contributed by atoms with E-state index in [0.29, 0.717) is 0 Å². The summed E-state index contributed by atoms with van der Waals surface area (Å²) in [4.78, 5) is 5.72. The van der Waals surface area contributed by atoms with E-state index in [1.165, 1.54) is 16.5 Å². The fourth-order valence-corrected chi connectivity index (χ4v) is 3.99. The van der Waals surface area contributed by atoms with Crippen LogP contribution in [0.15, 0.2) is 36.4 Å². The maximum absolute atomic E-state index is 4.65. The smallest absolute Gasteiger partial charge is 0.166 e. The quantitative estimate of drug-likeness (QED) is 0.524. The number of fused-ring (bicyclic) bond motifs is 3. The van der Waals surface area contributed by atoms with Crippen molar-refractivity contribution in [2.45, 2.75) is 34.2 Å². The molecule has 4 nitrogen and oxygen atoms in total. The number of benzene rings is 1. The summed E-state index contributed by atoms with van der Waals surface area (Å²) in [5.74, 6) is 0.902. The van der Waals surface area contributed by atoms with Gasteiger partial charge in [0.1, 0.15) is 4.83 Å². The Morgan fingerprint density at radius 1 is 1.12 bits per heavy atom. The van der Waals surface area contributed by atoms with Crippen LogP contribution < -0.4 is 5.32 Å². The normalized spacial score (nSPS) is 10.7. The van der Waals surface area contributed by atoms with Crippen molar-refractivity contribution in [2.24, 2.45) is 0 Å². The van der Waals surface area contributed by atoms with E-state index in [1.807, 2.05) is 39.0 Å². The van der Waals surface area contributed by atoms with E-state index >= 15 is 0 Å². The summed E-state index contributed by atoms with van der Waals surface area (Å²) in [7, 11) is 0. The monoisotopic (exact) mass is 338 g/mol. The van der Waals surface area contributed by atoms with Gasteiger partial charge in [-0.1, -0.05) is 44.2 Å². The fourth-order valence-electron chi connectivity index (χ4n) is 2.78. The minimum Gasteiger partial charge on any atom is -0.363 e. The molecule has 0 amide bonds. The molecule has 0 aliphatic carbocycles. The van der Waals surface area contributed by atoms with Gasteiger partial charge in [0.2, 0.25) is 0 Å². The first-order valence-electron chi connectivity index (χ1n) is 8.25. The predicted octanol–water partition coefficient (Wildman–Crippen LogP) is 5.43. The average Bonchev–Trinajstić information content (AvgIpc) is 3.14. The lowest BCUT2D eigenvalue weighted by atomic mass is 10.1. The zero-order valence-corrected chi connectivity index (χ0v) is 15.3. The fraction of sp³-hybridized carbons (Fsp3) is 0.263. The van der Waals surface area contributed by atoms with Crippen LogP contribution in [-0.2, 0) is 6.54 Å². The molecular formula is C19H22N4S. The minimum absolute atomic E-state index is 0.764. The largest absolute Gasteiger partial charge is 0.363 e. The van der Waals surface area contributed by atoms with Crippen molar-refractivity contribution >= 4 is 37.6 Å². The second-order valence-corrected chi connectivity index (χ2v) is 6.48. The van der Waals surface area contributed by atoms with Gasteiger partial charge in [-0.15, -0.1) is 11.3 Å². The number of hydrogen-bond acceptors (Lipinski definition) is 4. The van der Waals surface area contributed by atoms with Gasteiger partial charge in [0.05, 0.1) is 10.2 Å². The summed E-state index contributed by atoms with van der Waals surface area (Å²) < 4.78 is 1.15. The Labute approximate surface area is 145 Å². The summed E-state index contributed by atoms with van der Waals surface area (Å²) in [6.45, 7) is 8.93. The molecule has 0 spiro atoms. The Kier molecular flexibility index (Phi) is 4.81. The highest BCUT2D eigenvalue weighted by molar-refractivity contribution is 7.26. The molecule has 4 rings (SSSR count). The number of anilines is 1. The molecule has 124 valence electrons. The third-order valence-corrected chi connectivity index (χ3v) is 4.88. The van der Waals surface area contributed by atoms with E-state index < -0.39 is 0 Å². The van der Waals surface area contributed by atoms with Crippen LogP contribution in [0, 0.1) is 13.8 Å². The molecule has 5 heteroatoms. The number of thiophene rings is 1. The predicted molar refractivity (Wildman–Crippen MR) is 104 cm³/mol. The lowest BCUT2D eigenvalue weighted by Gasteiger charge is -2.02. The van der Waals surface area contributed by atoms with Gasteiger partial charge in [-0.25, -0.2) is 4.98 Å². The molecule has 0 saturated heterocycles. The Morgan fingerprint density at radius 2 is 1.88 bits per heavy atom. The van der Waals surface area contributed by atoms with Crippen molar-refractivity contribution < 1.29 is 0 Å². The van der Waals surface area contributed by atoms with Crippen LogP contribution in [0.5, 0.6) is 0 Å². The van der Waals surface area contributed by atoms with Crippen molar-refractivity contribution in [3.63, 3.8) is 0 Å². The molecule has 2 N–H and O–H groups in total. The number of hydrogen-bond donors (Lipinski definition) is 2. The van der Waals surface area contributed by atoms with E-state index in [4.69, 9.17) is 0 Å². The van der Waals surface area contributed by atoms with Crippen LogP contribution in [0.25, 0.3) is 20.4 Å². The van der Waals surface area contributed by atoms with Crippen molar-refractivity contribution in [3.8, 4) is 0 Å². The van der Waals surface area contributed by atoms with E-state index in [1.54, 1.807) is 11.3 Å². The topological polar surface area (TPSA) is 53.6 Å². The third-order valence-electron chi connectivity index (χ3n) is 3.78. The lowest BCUT2D eigenvalue weighted by Crippen LogP contribution is -1.99. The Hall–Kier alpha value is -2.40. The highest BCUT2D eigenvalue weighted by atomic mass is 32.1. The summed E-state index contributed by atoms with van der Waals surface area (Å²) in [6, 6.07) is 12.5. The first-order valence-corrected chi connectivity index (χ1v) is 9.06. The maximum Gasteiger partial charge on any atom is 0.166 e. The summed E-state index contributed by atoms with van der Waals surface area (Å²) in [5.41, 5.74) is 4.62. The van der Waals surface area contributed by atoms with Crippen molar-refractivity contribution in [2.75, 3.05) is 5.32 Å². The van der Waals surface area contributed by atoms with Crippen molar-refractivity contribution in [3.05, 3.63) is 53.2 Å². The summed E-state index contributed by atoms with van der Waals surface area (Å²) in [5, 5.41) is 12.2. The SMILES string of the molecule is CC.Cc1cc(C)c2c(n1)sc1c(NCc3ccccc3)n[nH]c12. The number of H-pyrrole nitrogens is 1. The second-order valence-electron chi connectivity index (χ2n) is 5.48. The van der Waals surface area contributed by atoms with Crippen LogP contribution in [-0.4, -0.2) is 15.2 Å². The Bertz CT molecular complexity index is 954. The zero-order chi connectivity index (χ0) is 17.1. The molecule has 0 fully saturated rings. The van der Waals surface area contributed by atoms with Gasteiger partial charge in [-0.05, 0) is 31.0 Å². The molecule has 0 saturated carbocycles. The molecule has 1 aromatic carbocycles. The first kappa shape index (κ1) is 16.5. The molecule has 0 unspecified atom stereocenters. The van der Waals surface area contributed by atoms with E-state index in [9.17, 15) is 0 Å². The molecule has 3 heterocycles. The molecule has 24 heavy (non-hydrogen) atoms. The molecule has 0 aliphatic rings. The molecule has 0 bridgehead atoms. The van der Waals surface area contributed by atoms with Crippen LogP contribution in [0.2, 0.25) is 0 Å². The number of nitrogens with zero attached hydrogens (tertiary/aromatic N) is 2. The highest BCUT2D eigenvalue weighted by Gasteiger charge is 2.15. The van der Waals surface area contributed by atoms with Gasteiger partial charge in [-0.2, -0.15) is 5.10 Å². The maximum atomic E-state index is 4.65. The van der Waals surface area contributed by atoms with Gasteiger partial charge < -0.3 is 5.32 Å². The van der Waals surface area contributed by atoms with Crippen LogP contribution in [0.1, 0.15) is 30.7 Å². The van der Waals surface area contributed by atoms with E-state index in [0.717, 1.165) is 33.1 Å². The van der Waals surface area contributed by atoms with Crippen molar-refractivity contribution in [1.82, 2.24) is 15.2 Å². The molecule has 0 radical (unpaired) electrons. The Morgan fingerprint density at radius 3 is 2.62 bits per heavy atom. The molecule has 4 aromatic rings. The van der Waals surface area contributed by atoms with E-state index in [-0.39, 0.29) is 0 Å². The molecule has 0 atom stereocenters. The first-order chi connectivity index (χ1) is 11.7. The van der Waals surface area contributed by atoms with Crippen LogP contribution in [0.4, 0.5) is 5.82 Å². The number of aromatic amines is 1. The minimum atomic E-state index is 0.764. The van der Waals surface area contributed by atoms with Gasteiger partial charge in [-0.3, -0.25) is 5.10 Å². The van der Waals surface area contributed by atoms with Gasteiger partial charge in [0, 0.05) is 17.6 Å². The number of rotatable bonds is 3. The Balaban J connectivity index is 0.000000815. The highest BCUT2D eigenvalue weighted by Crippen LogP contribution is 2.37. The van der Waals surface area contributed by atoms with Gasteiger partial charge in [0.15, 0.2) is 5.82 Å². The van der Waals surface area contributed by atoms with Gasteiger partial charge >= 0.3 is 0 Å². The molecule has 3 aromatic heterocycles. The number of aromatic nitrogens is 3. The number of aryl methyl sites for hydroxylation is 2. The van der Waals surface area contributed by atoms with Gasteiger partial charge in [0.25, 0.3) is 0 Å². The lowest BCUT2D eigenvalue weighted by molar-refractivity contribution is 1.06.